The van der Waals surface area contributed by atoms with Crippen LogP contribution in [0.3, 0.4) is 0 Å². The standard InChI is InChI=1S/C21H30N6O3S/c1-4-31(29,30)27-10-9-26-13-18-23-17-8-6-5-7-16(17)20(24-18)25-19(14(2)3)21(28)22-11-15(26)12-27/h5-8,14-15,19H,4,9-13H2,1-3H3,(H,22,28)(H,23,24,25)/t15?,19-/m0/s1. The van der Waals surface area contributed by atoms with Gasteiger partial charge in [-0.2, -0.15) is 4.31 Å². The third kappa shape index (κ3) is 4.51. The van der Waals surface area contributed by atoms with Crippen LogP contribution in [0.5, 0.6) is 0 Å². The number of fused-ring (bicyclic) bond motifs is 5. The van der Waals surface area contributed by atoms with Crippen molar-refractivity contribution in [2.45, 2.75) is 39.4 Å². The molecule has 168 valence electrons. The number of rotatable bonds is 3. The summed E-state index contributed by atoms with van der Waals surface area (Å²) >= 11 is 0. The predicted octanol–water partition coefficient (Wildman–Crippen LogP) is 1.03. The van der Waals surface area contributed by atoms with Crippen LogP contribution in [0.2, 0.25) is 0 Å². The zero-order valence-electron chi connectivity index (χ0n) is 18.2. The fourth-order valence-electron chi connectivity index (χ4n) is 4.20. The van der Waals surface area contributed by atoms with E-state index in [1.165, 1.54) is 4.31 Å². The SMILES string of the molecule is CCS(=O)(=O)N1CCN2Cc3nc(c4ccccc4n3)N[C@@H](C(C)C)C(=O)NCC2C1. The molecule has 10 heteroatoms. The lowest BCUT2D eigenvalue weighted by molar-refractivity contribution is -0.123. The molecule has 0 radical (unpaired) electrons. The van der Waals surface area contributed by atoms with E-state index in [9.17, 15) is 13.2 Å². The van der Waals surface area contributed by atoms with Gasteiger partial charge in [-0.05, 0) is 25.0 Å². The van der Waals surface area contributed by atoms with Crippen LogP contribution >= 0.6 is 0 Å². The van der Waals surface area contributed by atoms with E-state index < -0.39 is 16.1 Å². The first-order chi connectivity index (χ1) is 14.8. The van der Waals surface area contributed by atoms with Crippen LogP contribution in [-0.4, -0.2) is 77.5 Å². The summed E-state index contributed by atoms with van der Waals surface area (Å²) in [6.07, 6.45) is 0. The molecule has 1 saturated heterocycles. The molecule has 2 aliphatic rings. The van der Waals surface area contributed by atoms with Crippen molar-refractivity contribution in [2.24, 2.45) is 5.92 Å². The molecule has 1 fully saturated rings. The van der Waals surface area contributed by atoms with Crippen LogP contribution in [0.4, 0.5) is 5.82 Å². The number of anilines is 1. The first-order valence-corrected chi connectivity index (χ1v) is 12.4. The van der Waals surface area contributed by atoms with Gasteiger partial charge in [0.25, 0.3) is 0 Å². The zero-order chi connectivity index (χ0) is 22.2. The van der Waals surface area contributed by atoms with E-state index in [4.69, 9.17) is 9.97 Å². The number of sulfonamides is 1. The van der Waals surface area contributed by atoms with Gasteiger partial charge in [0.2, 0.25) is 15.9 Å². The van der Waals surface area contributed by atoms with Crippen molar-refractivity contribution in [3.05, 3.63) is 30.1 Å². The molecule has 9 nitrogen and oxygen atoms in total. The lowest BCUT2D eigenvalue weighted by Crippen LogP contribution is -2.58. The second-order valence-electron chi connectivity index (χ2n) is 8.50. The lowest BCUT2D eigenvalue weighted by Gasteiger charge is -2.40. The van der Waals surface area contributed by atoms with Gasteiger partial charge in [-0.1, -0.05) is 26.0 Å². The molecule has 4 rings (SSSR count). The van der Waals surface area contributed by atoms with Gasteiger partial charge in [-0.3, -0.25) is 9.69 Å². The summed E-state index contributed by atoms with van der Waals surface area (Å²) in [4.78, 5) is 24.7. The van der Waals surface area contributed by atoms with Crippen LogP contribution < -0.4 is 10.6 Å². The summed E-state index contributed by atoms with van der Waals surface area (Å²) < 4.78 is 26.4. The summed E-state index contributed by atoms with van der Waals surface area (Å²) in [5, 5.41) is 7.26. The van der Waals surface area contributed by atoms with Gasteiger partial charge in [-0.25, -0.2) is 18.4 Å². The Bertz CT molecular complexity index is 1070. The van der Waals surface area contributed by atoms with Crippen molar-refractivity contribution in [3.63, 3.8) is 0 Å². The van der Waals surface area contributed by atoms with Crippen molar-refractivity contribution in [2.75, 3.05) is 37.2 Å². The second kappa shape index (κ2) is 8.68. The highest BCUT2D eigenvalue weighted by Gasteiger charge is 2.34. The number of amides is 1. The predicted molar refractivity (Wildman–Crippen MR) is 120 cm³/mol. The fourth-order valence-corrected chi connectivity index (χ4v) is 5.32. The Morgan fingerprint density at radius 1 is 1.19 bits per heavy atom. The second-order valence-corrected chi connectivity index (χ2v) is 10.8. The number of nitrogens with one attached hydrogen (secondary N) is 2. The summed E-state index contributed by atoms with van der Waals surface area (Å²) in [6, 6.07) is 7.15. The molecule has 3 heterocycles. The fraction of sp³-hybridized carbons (Fsp3) is 0.571. The molecule has 0 spiro atoms. The van der Waals surface area contributed by atoms with Crippen LogP contribution in [0.25, 0.3) is 10.9 Å². The minimum absolute atomic E-state index is 0.0392. The Morgan fingerprint density at radius 2 is 1.97 bits per heavy atom. The lowest BCUT2D eigenvalue weighted by atomic mass is 10.0. The number of nitrogens with zero attached hydrogens (tertiary/aromatic N) is 4. The number of hydrogen-bond donors (Lipinski definition) is 2. The maximum Gasteiger partial charge on any atom is 0.242 e. The third-order valence-electron chi connectivity index (χ3n) is 6.07. The van der Waals surface area contributed by atoms with Gasteiger partial charge in [0.05, 0.1) is 17.8 Å². The molecule has 0 aliphatic carbocycles. The van der Waals surface area contributed by atoms with E-state index in [1.54, 1.807) is 6.92 Å². The first-order valence-electron chi connectivity index (χ1n) is 10.8. The first kappa shape index (κ1) is 21.9. The summed E-state index contributed by atoms with van der Waals surface area (Å²) in [7, 11) is -3.29. The van der Waals surface area contributed by atoms with E-state index in [-0.39, 0.29) is 23.6 Å². The molecule has 2 bridgehead atoms. The molecule has 31 heavy (non-hydrogen) atoms. The quantitative estimate of drug-likeness (QED) is 0.725. The van der Waals surface area contributed by atoms with Gasteiger partial charge >= 0.3 is 0 Å². The monoisotopic (exact) mass is 446 g/mol. The highest BCUT2D eigenvalue weighted by molar-refractivity contribution is 7.89. The number of para-hydroxylation sites is 1. The largest absolute Gasteiger partial charge is 0.358 e. The minimum atomic E-state index is -3.29. The molecule has 2 atom stereocenters. The smallest absolute Gasteiger partial charge is 0.242 e. The van der Waals surface area contributed by atoms with E-state index in [2.05, 4.69) is 15.5 Å². The number of carbonyl (C=O) groups excluding carboxylic acids is 1. The number of hydrogen-bond acceptors (Lipinski definition) is 7. The Morgan fingerprint density at radius 3 is 2.71 bits per heavy atom. The van der Waals surface area contributed by atoms with E-state index in [1.807, 2.05) is 38.1 Å². The molecule has 1 unspecified atom stereocenters. The van der Waals surface area contributed by atoms with Crippen molar-refractivity contribution >= 4 is 32.7 Å². The van der Waals surface area contributed by atoms with Crippen molar-refractivity contribution in [3.8, 4) is 0 Å². The highest BCUT2D eigenvalue weighted by Crippen LogP contribution is 2.24. The molecule has 0 saturated carbocycles. The third-order valence-corrected chi connectivity index (χ3v) is 7.92. The molecular formula is C21H30N6O3S. The van der Waals surface area contributed by atoms with Crippen LogP contribution in [-0.2, 0) is 21.4 Å². The number of carbonyl (C=O) groups is 1. The van der Waals surface area contributed by atoms with Gasteiger partial charge in [0, 0.05) is 37.6 Å². The minimum Gasteiger partial charge on any atom is -0.358 e. The summed E-state index contributed by atoms with van der Waals surface area (Å²) in [6.45, 7) is 7.83. The highest BCUT2D eigenvalue weighted by atomic mass is 32.2. The zero-order valence-corrected chi connectivity index (χ0v) is 19.0. The number of benzene rings is 1. The molecule has 2 N–H and O–H groups in total. The molecule has 2 aromatic rings. The molecule has 2 aliphatic heterocycles. The van der Waals surface area contributed by atoms with Gasteiger partial charge < -0.3 is 10.6 Å². The molecule has 1 aromatic carbocycles. The Labute approximate surface area is 183 Å². The molecular weight excluding hydrogens is 416 g/mol. The average molecular weight is 447 g/mol. The van der Waals surface area contributed by atoms with Crippen LogP contribution in [0.1, 0.15) is 26.6 Å². The van der Waals surface area contributed by atoms with Gasteiger partial charge in [-0.15, -0.1) is 0 Å². The molecule has 1 amide bonds. The Balaban J connectivity index is 1.73. The van der Waals surface area contributed by atoms with Gasteiger partial charge in [0.15, 0.2) is 0 Å². The normalized spacial score (nSPS) is 23.7. The van der Waals surface area contributed by atoms with Crippen molar-refractivity contribution < 1.29 is 13.2 Å². The maximum absolute atomic E-state index is 13.1. The van der Waals surface area contributed by atoms with Gasteiger partial charge in [0.1, 0.15) is 17.7 Å². The Hall–Kier alpha value is -2.30. The number of aromatic nitrogens is 2. The topological polar surface area (TPSA) is 108 Å². The maximum atomic E-state index is 13.1. The Kier molecular flexibility index (Phi) is 6.14. The van der Waals surface area contributed by atoms with E-state index >= 15 is 0 Å². The van der Waals surface area contributed by atoms with Crippen molar-refractivity contribution in [1.82, 2.24) is 24.5 Å². The average Bonchev–Trinajstić information content (AvgIpc) is 2.77. The number of piperazine rings is 1. The summed E-state index contributed by atoms with van der Waals surface area (Å²) in [5.41, 5.74) is 0.820. The molecule has 1 aromatic heterocycles. The van der Waals surface area contributed by atoms with E-state index in [0.29, 0.717) is 44.4 Å². The summed E-state index contributed by atoms with van der Waals surface area (Å²) in [5.74, 6) is 1.31. The van der Waals surface area contributed by atoms with Crippen LogP contribution in [0.15, 0.2) is 24.3 Å². The van der Waals surface area contributed by atoms with Crippen LogP contribution in [0, 0.1) is 5.92 Å². The van der Waals surface area contributed by atoms with E-state index in [0.717, 1.165) is 10.9 Å². The van der Waals surface area contributed by atoms with Crippen molar-refractivity contribution in [1.29, 1.82) is 0 Å².